The highest BCUT2D eigenvalue weighted by Crippen LogP contribution is 2.11. The van der Waals surface area contributed by atoms with Crippen molar-refractivity contribution in [2.75, 3.05) is 32.7 Å². The highest BCUT2D eigenvalue weighted by molar-refractivity contribution is 5.89. The van der Waals surface area contributed by atoms with Crippen LogP contribution in [0.1, 0.15) is 155 Å². The first-order valence-electron chi connectivity index (χ1n) is 20.7. The van der Waals surface area contributed by atoms with Gasteiger partial charge < -0.3 is 49.5 Å². The van der Waals surface area contributed by atoms with Crippen molar-refractivity contribution in [2.45, 2.75) is 173 Å². The first-order chi connectivity index (χ1) is 25.6. The molecule has 0 bridgehead atoms. The number of unbranched alkanes of at least 4 members (excludes halogenated alkanes) is 11. The van der Waals surface area contributed by atoms with Gasteiger partial charge in [0, 0.05) is 32.4 Å². The van der Waals surface area contributed by atoms with Gasteiger partial charge in [-0.1, -0.05) is 58.3 Å². The average Bonchev–Trinajstić information content (AvgIpc) is 3.13. The second kappa shape index (κ2) is 34.5. The molecule has 0 heterocycles. The standard InChI is InChI=1S/C38H75N9O6/c1-2-3-4-5-6-7-8-9-10-22-33(48)46-31(20-12-15-26-40)37(52)44-29-18-24-35(50)47-32(21-13-16-27-41)38(53)43-28-17-23-34(49)45-30(36(42)51)19-11-14-25-39/h30-32H,2-29,39-41H2,1H3,(H2,42,51)(H,43,53)(H,44,52)(H,45,49)(H,46,48)(H,47,50)/p+3. The summed E-state index contributed by atoms with van der Waals surface area (Å²) in [4.78, 5) is 75.5. The zero-order valence-electron chi connectivity index (χ0n) is 33.2. The number of rotatable bonds is 36. The Bertz CT molecular complexity index is 1020. The van der Waals surface area contributed by atoms with E-state index in [4.69, 9.17) is 5.73 Å². The van der Waals surface area contributed by atoms with Crippen LogP contribution >= 0.6 is 0 Å². The number of carbonyl (C=O) groups excluding carboxylic acids is 6. The summed E-state index contributed by atoms with van der Waals surface area (Å²) in [5.74, 6) is -1.89. The number of hydrogen-bond acceptors (Lipinski definition) is 6. The predicted molar refractivity (Wildman–Crippen MR) is 206 cm³/mol. The summed E-state index contributed by atoms with van der Waals surface area (Å²) in [6.07, 6.45) is 18.1. The van der Waals surface area contributed by atoms with Crippen molar-refractivity contribution in [3.63, 3.8) is 0 Å². The Morgan fingerprint density at radius 1 is 0.453 bits per heavy atom. The van der Waals surface area contributed by atoms with Crippen molar-refractivity contribution in [3.05, 3.63) is 0 Å². The second-order valence-electron chi connectivity index (χ2n) is 14.2. The minimum Gasteiger partial charge on any atom is -0.368 e. The van der Waals surface area contributed by atoms with E-state index >= 15 is 0 Å². The fraction of sp³-hybridized carbons (Fsp3) is 0.842. The maximum absolute atomic E-state index is 13.0. The third-order valence-corrected chi connectivity index (χ3v) is 9.23. The number of nitrogens with one attached hydrogen (secondary N) is 5. The Morgan fingerprint density at radius 3 is 1.17 bits per heavy atom. The minimum absolute atomic E-state index is 0.110. The zero-order chi connectivity index (χ0) is 39.5. The van der Waals surface area contributed by atoms with Gasteiger partial charge >= 0.3 is 0 Å². The fourth-order valence-electron chi connectivity index (χ4n) is 5.96. The number of primary amides is 1. The normalized spacial score (nSPS) is 12.7. The van der Waals surface area contributed by atoms with Crippen molar-refractivity contribution in [3.8, 4) is 0 Å². The Labute approximate surface area is 318 Å². The molecule has 0 rings (SSSR count). The van der Waals surface area contributed by atoms with E-state index in [2.05, 4.69) is 50.7 Å². The van der Waals surface area contributed by atoms with E-state index in [-0.39, 0.29) is 55.5 Å². The summed E-state index contributed by atoms with van der Waals surface area (Å²) in [6, 6.07) is -2.08. The molecule has 0 radical (unpaired) electrons. The van der Waals surface area contributed by atoms with Crippen LogP contribution in [0.5, 0.6) is 0 Å². The minimum atomic E-state index is -0.733. The predicted octanol–water partition coefficient (Wildman–Crippen LogP) is -0.124. The van der Waals surface area contributed by atoms with Crippen molar-refractivity contribution >= 4 is 35.4 Å². The number of amides is 6. The molecule has 0 saturated heterocycles. The number of carbonyl (C=O) groups is 6. The van der Waals surface area contributed by atoms with Crippen LogP contribution in [0.4, 0.5) is 0 Å². The summed E-state index contributed by atoms with van der Waals surface area (Å²) < 4.78 is 0. The first kappa shape index (κ1) is 49.7. The van der Waals surface area contributed by atoms with E-state index in [0.29, 0.717) is 44.9 Å². The lowest BCUT2D eigenvalue weighted by Gasteiger charge is -2.19. The molecule has 0 aliphatic carbocycles. The summed E-state index contributed by atoms with van der Waals surface area (Å²) in [5.41, 5.74) is 16.9. The van der Waals surface area contributed by atoms with Crippen LogP contribution in [-0.4, -0.2) is 86.3 Å². The Morgan fingerprint density at radius 2 is 0.792 bits per heavy atom. The molecule has 0 aliphatic heterocycles. The molecule has 15 heteroatoms. The Kier molecular flexibility index (Phi) is 32.3. The quantitative estimate of drug-likeness (QED) is 0.0393. The molecule has 53 heavy (non-hydrogen) atoms. The Hall–Kier alpha value is -3.30. The summed E-state index contributed by atoms with van der Waals surface area (Å²) in [5, 5.41) is 14.1. The smallest absolute Gasteiger partial charge is 0.242 e. The molecule has 0 aromatic rings. The highest BCUT2D eigenvalue weighted by atomic mass is 16.2. The average molecular weight is 757 g/mol. The highest BCUT2D eigenvalue weighted by Gasteiger charge is 2.22. The van der Waals surface area contributed by atoms with E-state index < -0.39 is 24.0 Å². The van der Waals surface area contributed by atoms with E-state index in [0.717, 1.165) is 71.0 Å². The second-order valence-corrected chi connectivity index (χ2v) is 14.2. The van der Waals surface area contributed by atoms with Gasteiger partial charge in [-0.15, -0.1) is 0 Å². The molecule has 0 aromatic carbocycles. The maximum atomic E-state index is 13.0. The molecule has 16 N–H and O–H groups in total. The Balaban J connectivity index is 4.70. The van der Waals surface area contributed by atoms with Crippen LogP contribution in [0.25, 0.3) is 0 Å². The van der Waals surface area contributed by atoms with Crippen LogP contribution in [0.3, 0.4) is 0 Å². The van der Waals surface area contributed by atoms with Gasteiger partial charge in [-0.2, -0.15) is 0 Å². The van der Waals surface area contributed by atoms with Gasteiger partial charge in [0.1, 0.15) is 18.1 Å². The molecular weight excluding hydrogens is 678 g/mol. The van der Waals surface area contributed by atoms with Crippen molar-refractivity contribution in [1.82, 2.24) is 26.6 Å². The molecule has 6 amide bonds. The molecule has 3 atom stereocenters. The summed E-state index contributed by atoms with van der Waals surface area (Å²) >= 11 is 0. The molecule has 0 saturated carbocycles. The van der Waals surface area contributed by atoms with Gasteiger partial charge in [0.15, 0.2) is 0 Å². The van der Waals surface area contributed by atoms with Crippen molar-refractivity contribution in [2.24, 2.45) is 5.73 Å². The fourth-order valence-corrected chi connectivity index (χ4v) is 5.96. The van der Waals surface area contributed by atoms with E-state index in [1.807, 2.05) is 0 Å². The summed E-state index contributed by atoms with van der Waals surface area (Å²) in [7, 11) is 0. The maximum Gasteiger partial charge on any atom is 0.242 e. The first-order valence-corrected chi connectivity index (χ1v) is 20.7. The largest absolute Gasteiger partial charge is 0.368 e. The van der Waals surface area contributed by atoms with E-state index in [1.165, 1.54) is 38.5 Å². The van der Waals surface area contributed by atoms with Gasteiger partial charge in [-0.3, -0.25) is 28.8 Å². The zero-order valence-corrected chi connectivity index (χ0v) is 33.2. The summed E-state index contributed by atoms with van der Waals surface area (Å²) in [6.45, 7) is 4.93. The van der Waals surface area contributed by atoms with Crippen LogP contribution in [-0.2, 0) is 28.8 Å². The third kappa shape index (κ3) is 28.8. The molecule has 0 aliphatic rings. The monoisotopic (exact) mass is 757 g/mol. The van der Waals surface area contributed by atoms with Gasteiger partial charge in [0.2, 0.25) is 35.4 Å². The van der Waals surface area contributed by atoms with Crippen LogP contribution < -0.4 is 49.5 Å². The SMILES string of the molecule is CCCCCCCCCCCC(=O)NC(CCCC[NH3+])C(=O)NCCCC(=O)NC(CCCC[NH3+])C(=O)NCCCC(=O)NC(CCCC[NH3+])C(N)=O. The van der Waals surface area contributed by atoms with E-state index in [1.54, 1.807) is 0 Å². The van der Waals surface area contributed by atoms with Crippen molar-refractivity contribution in [1.29, 1.82) is 0 Å². The molecule has 3 unspecified atom stereocenters. The molecular formula is C38H78N9O6+3. The van der Waals surface area contributed by atoms with Gasteiger partial charge in [-0.05, 0) is 77.0 Å². The molecule has 0 spiro atoms. The topological polar surface area (TPSA) is 272 Å². The molecule has 0 aromatic heterocycles. The van der Waals surface area contributed by atoms with Gasteiger partial charge in [-0.25, -0.2) is 0 Å². The molecule has 0 fully saturated rings. The van der Waals surface area contributed by atoms with Crippen LogP contribution in [0.2, 0.25) is 0 Å². The molecule has 15 nitrogen and oxygen atoms in total. The number of nitrogens with two attached hydrogens (primary N) is 1. The molecule has 308 valence electrons. The third-order valence-electron chi connectivity index (χ3n) is 9.23. The lowest BCUT2D eigenvalue weighted by Crippen LogP contribution is -2.50. The lowest BCUT2D eigenvalue weighted by atomic mass is 10.1. The number of hydrogen-bond donors (Lipinski definition) is 9. The van der Waals surface area contributed by atoms with Crippen LogP contribution in [0.15, 0.2) is 0 Å². The lowest BCUT2D eigenvalue weighted by molar-refractivity contribution is -0.368. The van der Waals surface area contributed by atoms with Gasteiger partial charge in [0.25, 0.3) is 0 Å². The van der Waals surface area contributed by atoms with E-state index in [9.17, 15) is 28.8 Å². The van der Waals surface area contributed by atoms with Crippen LogP contribution in [0, 0.1) is 0 Å². The van der Waals surface area contributed by atoms with Crippen molar-refractivity contribution < 1.29 is 46.0 Å². The van der Waals surface area contributed by atoms with Gasteiger partial charge in [0.05, 0.1) is 19.6 Å². The number of quaternary nitrogens is 3.